The number of H-pyrrole nitrogens is 1. The predicted octanol–water partition coefficient (Wildman–Crippen LogP) is 1.94. The number of nitrogens with one attached hydrogen (secondary N) is 2. The van der Waals surface area contributed by atoms with Gasteiger partial charge >= 0.3 is 0 Å². The van der Waals surface area contributed by atoms with Crippen LogP contribution in [-0.4, -0.2) is 10.1 Å². The second-order valence-electron chi connectivity index (χ2n) is 3.29. The number of rotatable bonds is 2. The second kappa shape index (κ2) is 3.97. The van der Waals surface area contributed by atoms with Crippen molar-refractivity contribution >= 4 is 10.9 Å². The van der Waals surface area contributed by atoms with Crippen LogP contribution in [0.25, 0.3) is 10.9 Å². The van der Waals surface area contributed by atoms with Gasteiger partial charge in [-0.15, -0.1) is 0 Å². The van der Waals surface area contributed by atoms with Crippen molar-refractivity contribution in [1.29, 1.82) is 0 Å². The van der Waals surface area contributed by atoms with Gasteiger partial charge in [-0.1, -0.05) is 5.92 Å². The van der Waals surface area contributed by atoms with E-state index in [4.69, 9.17) is 0 Å². The van der Waals surface area contributed by atoms with Gasteiger partial charge in [0.2, 0.25) is 0 Å². The maximum absolute atomic E-state index is 9.30. The average molecular weight is 200 g/mol. The minimum Gasteiger partial charge on any atom is -0.508 e. The summed E-state index contributed by atoms with van der Waals surface area (Å²) in [5, 5.41) is 13.3. The first-order valence-electron chi connectivity index (χ1n) is 4.75. The normalized spacial score (nSPS) is 9.67. The molecule has 0 radical (unpaired) electrons. The molecule has 2 aromatic rings. The highest BCUT2D eigenvalue weighted by Gasteiger charge is 2.00. The van der Waals surface area contributed by atoms with Gasteiger partial charge < -0.3 is 15.4 Å². The van der Waals surface area contributed by atoms with E-state index in [0.29, 0.717) is 6.54 Å². The summed E-state index contributed by atoms with van der Waals surface area (Å²) in [6.07, 6.45) is 0. The van der Waals surface area contributed by atoms with Crippen molar-refractivity contribution in [2.24, 2.45) is 0 Å². The summed E-state index contributed by atoms with van der Waals surface area (Å²) in [5.74, 6) is 3.05. The van der Waals surface area contributed by atoms with Crippen molar-refractivity contribution in [1.82, 2.24) is 10.3 Å². The molecule has 1 aromatic heterocycles. The molecule has 76 valence electrons. The lowest BCUT2D eigenvalue weighted by molar-refractivity contribution is 0.476. The maximum Gasteiger partial charge on any atom is 0.116 e. The minimum absolute atomic E-state index is 0.286. The van der Waals surface area contributed by atoms with Crippen LogP contribution >= 0.6 is 0 Å². The van der Waals surface area contributed by atoms with E-state index < -0.39 is 0 Å². The Morgan fingerprint density at radius 2 is 2.27 bits per heavy atom. The maximum atomic E-state index is 9.30. The molecule has 0 bridgehead atoms. The molecule has 0 saturated carbocycles. The molecular formula is C12H12N2O. The molecule has 3 nitrogen and oxygen atoms in total. The van der Waals surface area contributed by atoms with Crippen LogP contribution in [0.15, 0.2) is 24.3 Å². The number of fused-ring (bicyclic) bond motifs is 1. The number of hydrogen-bond acceptors (Lipinski definition) is 2. The number of aromatic nitrogens is 1. The third kappa shape index (κ3) is 2.05. The van der Waals surface area contributed by atoms with Gasteiger partial charge in [0, 0.05) is 22.6 Å². The summed E-state index contributed by atoms with van der Waals surface area (Å²) in [7, 11) is 0. The van der Waals surface area contributed by atoms with Crippen LogP contribution < -0.4 is 5.32 Å². The van der Waals surface area contributed by atoms with E-state index in [0.717, 1.165) is 16.6 Å². The Balaban J connectivity index is 2.25. The van der Waals surface area contributed by atoms with Crippen LogP contribution in [0.3, 0.4) is 0 Å². The van der Waals surface area contributed by atoms with Gasteiger partial charge in [0.1, 0.15) is 5.75 Å². The zero-order valence-electron chi connectivity index (χ0n) is 8.46. The summed E-state index contributed by atoms with van der Waals surface area (Å²) in [6.45, 7) is 2.46. The highest BCUT2D eigenvalue weighted by molar-refractivity contribution is 5.81. The fraction of sp³-hybridized carbons (Fsp3) is 0.167. The fourth-order valence-corrected chi connectivity index (χ4v) is 1.50. The topological polar surface area (TPSA) is 48.0 Å². The lowest BCUT2D eigenvalue weighted by atomic mass is 10.2. The van der Waals surface area contributed by atoms with Gasteiger partial charge in [-0.05, 0) is 31.2 Å². The summed E-state index contributed by atoms with van der Waals surface area (Å²) >= 11 is 0. The first kappa shape index (κ1) is 9.47. The van der Waals surface area contributed by atoms with E-state index in [-0.39, 0.29) is 5.75 Å². The van der Waals surface area contributed by atoms with Crippen molar-refractivity contribution in [3.63, 3.8) is 0 Å². The monoisotopic (exact) mass is 200 g/mol. The Bertz CT molecular complexity index is 531. The molecule has 0 fully saturated rings. The highest BCUT2D eigenvalue weighted by Crippen LogP contribution is 2.20. The van der Waals surface area contributed by atoms with Gasteiger partial charge in [0.15, 0.2) is 0 Å². The number of aromatic amines is 1. The Morgan fingerprint density at radius 3 is 3.07 bits per heavy atom. The Labute approximate surface area is 88.1 Å². The van der Waals surface area contributed by atoms with E-state index >= 15 is 0 Å². The molecule has 3 heteroatoms. The van der Waals surface area contributed by atoms with E-state index in [9.17, 15) is 5.11 Å². The summed E-state index contributed by atoms with van der Waals surface area (Å²) < 4.78 is 0. The van der Waals surface area contributed by atoms with E-state index in [1.165, 1.54) is 0 Å². The molecule has 1 aromatic carbocycles. The number of phenolic OH excluding ortho intramolecular Hbond substituents is 1. The SMILES string of the molecule is CC#CNCc1cc2cc(O)ccc2[nH]1. The first-order chi connectivity index (χ1) is 7.29. The lowest BCUT2D eigenvalue weighted by Gasteiger charge is -1.93. The molecule has 0 saturated heterocycles. The first-order valence-corrected chi connectivity index (χ1v) is 4.75. The smallest absolute Gasteiger partial charge is 0.116 e. The van der Waals surface area contributed by atoms with Gasteiger partial charge in [-0.25, -0.2) is 0 Å². The Morgan fingerprint density at radius 1 is 1.40 bits per heavy atom. The molecule has 0 spiro atoms. The molecule has 0 unspecified atom stereocenters. The van der Waals surface area contributed by atoms with Crippen molar-refractivity contribution in [3.05, 3.63) is 30.0 Å². The average Bonchev–Trinajstić information content (AvgIpc) is 2.60. The summed E-state index contributed by atoms with van der Waals surface area (Å²) in [4.78, 5) is 3.24. The van der Waals surface area contributed by atoms with Gasteiger partial charge in [-0.3, -0.25) is 0 Å². The van der Waals surface area contributed by atoms with E-state index in [1.807, 2.05) is 12.1 Å². The van der Waals surface area contributed by atoms with Crippen LogP contribution in [0.4, 0.5) is 0 Å². The molecule has 0 amide bonds. The lowest BCUT2D eigenvalue weighted by Crippen LogP contribution is -2.04. The van der Waals surface area contributed by atoms with Crippen LogP contribution in [0, 0.1) is 12.0 Å². The molecule has 15 heavy (non-hydrogen) atoms. The third-order valence-electron chi connectivity index (χ3n) is 2.15. The fourth-order valence-electron chi connectivity index (χ4n) is 1.50. The molecule has 3 N–H and O–H groups in total. The van der Waals surface area contributed by atoms with E-state index in [1.54, 1.807) is 19.1 Å². The zero-order chi connectivity index (χ0) is 10.7. The number of phenols is 1. The predicted molar refractivity (Wildman–Crippen MR) is 60.3 cm³/mol. The number of aromatic hydroxyl groups is 1. The standard InChI is InChI=1S/C12H12N2O/c1-2-5-13-8-10-6-9-7-11(15)3-4-12(9)14-10/h3-4,6-7,13-15H,8H2,1H3. The van der Waals surface area contributed by atoms with E-state index in [2.05, 4.69) is 22.3 Å². The molecule has 0 aliphatic heterocycles. The zero-order valence-corrected chi connectivity index (χ0v) is 8.46. The quantitative estimate of drug-likeness (QED) is 0.512. The Hall–Kier alpha value is -2.08. The van der Waals surface area contributed by atoms with Crippen LogP contribution in [0.1, 0.15) is 12.6 Å². The third-order valence-corrected chi connectivity index (χ3v) is 2.15. The second-order valence-corrected chi connectivity index (χ2v) is 3.29. The van der Waals surface area contributed by atoms with Crippen LogP contribution in [0.2, 0.25) is 0 Å². The van der Waals surface area contributed by atoms with Gasteiger partial charge in [0.25, 0.3) is 0 Å². The minimum atomic E-state index is 0.286. The van der Waals surface area contributed by atoms with Gasteiger partial charge in [0.05, 0.1) is 6.54 Å². The van der Waals surface area contributed by atoms with Crippen molar-refractivity contribution in [2.45, 2.75) is 13.5 Å². The molecule has 0 aliphatic rings. The number of hydrogen-bond donors (Lipinski definition) is 3. The summed E-state index contributed by atoms with van der Waals surface area (Å²) in [5.41, 5.74) is 2.08. The largest absolute Gasteiger partial charge is 0.508 e. The van der Waals surface area contributed by atoms with Crippen molar-refractivity contribution in [3.8, 4) is 17.7 Å². The molecule has 0 atom stereocenters. The molecule has 0 aliphatic carbocycles. The van der Waals surface area contributed by atoms with Crippen molar-refractivity contribution in [2.75, 3.05) is 0 Å². The van der Waals surface area contributed by atoms with Crippen LogP contribution in [0.5, 0.6) is 5.75 Å². The highest BCUT2D eigenvalue weighted by atomic mass is 16.3. The molecular weight excluding hydrogens is 188 g/mol. The summed E-state index contributed by atoms with van der Waals surface area (Å²) in [6, 6.07) is 10.0. The molecule has 2 rings (SSSR count). The number of benzene rings is 1. The van der Waals surface area contributed by atoms with Gasteiger partial charge in [-0.2, -0.15) is 0 Å². The molecule has 1 heterocycles. The van der Waals surface area contributed by atoms with Crippen LogP contribution in [-0.2, 0) is 6.54 Å². The Kier molecular flexibility index (Phi) is 2.51. The van der Waals surface area contributed by atoms with Crippen molar-refractivity contribution < 1.29 is 5.11 Å².